The average Bonchev–Trinajstić information content (AvgIpc) is 2.79. The van der Waals surface area contributed by atoms with Crippen molar-refractivity contribution in [1.82, 2.24) is 20.9 Å². The highest BCUT2D eigenvalue weighted by molar-refractivity contribution is 5.80. The van der Waals surface area contributed by atoms with E-state index in [0.29, 0.717) is 12.6 Å². The number of aromatic nitrogens is 1. The third-order valence-corrected chi connectivity index (χ3v) is 5.69. The standard InChI is InChI=1S/C25H38N6/c1-5-26-24(28-19-25(3,4)30-20(2)21-11-7-6-8-12-21)29-22-14-17-31(18-15-22)23-13-9-10-16-27-23/h6-13,16,20,22,30H,5,14-15,17-19H2,1-4H3,(H2,26,28,29). The van der Waals surface area contributed by atoms with Gasteiger partial charge in [-0.15, -0.1) is 0 Å². The number of guanidine groups is 1. The Bertz CT molecular complexity index is 797. The van der Waals surface area contributed by atoms with Crippen LogP contribution in [0.3, 0.4) is 0 Å². The summed E-state index contributed by atoms with van der Waals surface area (Å²) in [5.41, 5.74) is 1.18. The van der Waals surface area contributed by atoms with Crippen molar-refractivity contribution in [3.63, 3.8) is 0 Å². The van der Waals surface area contributed by atoms with Gasteiger partial charge in [0, 0.05) is 43.5 Å². The molecule has 168 valence electrons. The number of anilines is 1. The molecule has 1 fully saturated rings. The number of hydrogen-bond acceptors (Lipinski definition) is 4. The monoisotopic (exact) mass is 422 g/mol. The van der Waals surface area contributed by atoms with Crippen molar-refractivity contribution in [1.29, 1.82) is 0 Å². The Balaban J connectivity index is 1.52. The van der Waals surface area contributed by atoms with Crippen LogP contribution in [0.25, 0.3) is 0 Å². The van der Waals surface area contributed by atoms with Crippen molar-refractivity contribution < 1.29 is 0 Å². The van der Waals surface area contributed by atoms with E-state index in [0.717, 1.165) is 44.3 Å². The van der Waals surface area contributed by atoms with Crippen LogP contribution in [0.15, 0.2) is 59.7 Å². The molecular formula is C25H38N6. The van der Waals surface area contributed by atoms with Gasteiger partial charge >= 0.3 is 0 Å². The Kier molecular flexibility index (Phi) is 8.29. The van der Waals surface area contributed by atoms with Gasteiger partial charge in [0.2, 0.25) is 0 Å². The molecule has 1 aromatic carbocycles. The van der Waals surface area contributed by atoms with E-state index < -0.39 is 0 Å². The maximum Gasteiger partial charge on any atom is 0.191 e. The van der Waals surface area contributed by atoms with Crippen molar-refractivity contribution >= 4 is 11.8 Å². The number of benzene rings is 1. The van der Waals surface area contributed by atoms with E-state index in [1.54, 1.807) is 0 Å². The maximum absolute atomic E-state index is 4.91. The van der Waals surface area contributed by atoms with Gasteiger partial charge in [-0.3, -0.25) is 4.99 Å². The summed E-state index contributed by atoms with van der Waals surface area (Å²) in [6, 6.07) is 17.4. The second-order valence-electron chi connectivity index (χ2n) is 8.95. The first-order chi connectivity index (χ1) is 15.0. The molecule has 0 spiro atoms. The number of nitrogens with zero attached hydrogens (tertiary/aromatic N) is 3. The fourth-order valence-electron chi connectivity index (χ4n) is 4.04. The highest BCUT2D eigenvalue weighted by atomic mass is 15.2. The van der Waals surface area contributed by atoms with E-state index in [4.69, 9.17) is 4.99 Å². The molecule has 0 radical (unpaired) electrons. The van der Waals surface area contributed by atoms with Crippen molar-refractivity contribution in [3.05, 3.63) is 60.3 Å². The molecule has 1 aliphatic rings. The molecule has 2 aromatic rings. The van der Waals surface area contributed by atoms with Crippen molar-refractivity contribution in [2.75, 3.05) is 31.1 Å². The van der Waals surface area contributed by atoms with Gasteiger partial charge in [-0.25, -0.2) is 4.98 Å². The van der Waals surface area contributed by atoms with E-state index in [1.807, 2.05) is 12.3 Å². The van der Waals surface area contributed by atoms with Crippen LogP contribution >= 0.6 is 0 Å². The second-order valence-corrected chi connectivity index (χ2v) is 8.95. The fourth-order valence-corrected chi connectivity index (χ4v) is 4.04. The zero-order chi connectivity index (χ0) is 22.1. The quantitative estimate of drug-likeness (QED) is 0.447. The molecule has 3 N–H and O–H groups in total. The maximum atomic E-state index is 4.91. The predicted molar refractivity (Wildman–Crippen MR) is 131 cm³/mol. The van der Waals surface area contributed by atoms with Crippen LogP contribution in [-0.2, 0) is 0 Å². The second kappa shape index (κ2) is 11.1. The Morgan fingerprint density at radius 3 is 2.48 bits per heavy atom. The Hall–Kier alpha value is -2.60. The van der Waals surface area contributed by atoms with E-state index in [1.165, 1.54) is 5.56 Å². The van der Waals surface area contributed by atoms with Crippen molar-refractivity contribution in [3.8, 4) is 0 Å². The number of nitrogens with one attached hydrogen (secondary N) is 3. The molecule has 1 atom stereocenters. The summed E-state index contributed by atoms with van der Waals surface area (Å²) in [5.74, 6) is 1.97. The smallest absolute Gasteiger partial charge is 0.191 e. The Morgan fingerprint density at radius 1 is 1.13 bits per heavy atom. The largest absolute Gasteiger partial charge is 0.357 e. The number of hydrogen-bond donors (Lipinski definition) is 3. The Labute approximate surface area is 187 Å². The van der Waals surface area contributed by atoms with Crippen molar-refractivity contribution in [2.45, 2.75) is 58.2 Å². The van der Waals surface area contributed by atoms with Gasteiger partial charge < -0.3 is 20.9 Å². The molecule has 0 aliphatic carbocycles. The summed E-state index contributed by atoms with van der Waals surface area (Å²) in [7, 11) is 0. The van der Waals surface area contributed by atoms with Crippen molar-refractivity contribution in [2.24, 2.45) is 4.99 Å². The lowest BCUT2D eigenvalue weighted by molar-refractivity contribution is 0.356. The minimum atomic E-state index is -0.111. The highest BCUT2D eigenvalue weighted by Gasteiger charge is 2.23. The number of pyridine rings is 1. The van der Waals surface area contributed by atoms with Gasteiger partial charge in [0.15, 0.2) is 5.96 Å². The average molecular weight is 423 g/mol. The first kappa shape index (κ1) is 23.1. The SMILES string of the molecule is CCNC(=NCC(C)(C)NC(C)c1ccccc1)NC1CCN(c2ccccn2)CC1. The number of piperidine rings is 1. The highest BCUT2D eigenvalue weighted by Crippen LogP contribution is 2.18. The van der Waals surface area contributed by atoms with E-state index in [9.17, 15) is 0 Å². The molecule has 6 nitrogen and oxygen atoms in total. The fraction of sp³-hybridized carbons (Fsp3) is 0.520. The molecule has 1 aliphatic heterocycles. The zero-order valence-electron chi connectivity index (χ0n) is 19.4. The normalized spacial score (nSPS) is 16.8. The lowest BCUT2D eigenvalue weighted by Crippen LogP contribution is -2.50. The molecule has 0 saturated carbocycles. The summed E-state index contributed by atoms with van der Waals surface area (Å²) >= 11 is 0. The van der Waals surface area contributed by atoms with Gasteiger partial charge in [-0.05, 0) is 58.2 Å². The minimum absolute atomic E-state index is 0.111. The van der Waals surface area contributed by atoms with Gasteiger partial charge in [0.05, 0.1) is 6.54 Å². The van der Waals surface area contributed by atoms with Gasteiger partial charge in [-0.1, -0.05) is 36.4 Å². The van der Waals surface area contributed by atoms with Gasteiger partial charge in [0.25, 0.3) is 0 Å². The summed E-state index contributed by atoms with van der Waals surface area (Å²) in [5, 5.41) is 10.8. The van der Waals surface area contributed by atoms with Gasteiger partial charge in [-0.2, -0.15) is 0 Å². The molecule has 0 amide bonds. The molecule has 31 heavy (non-hydrogen) atoms. The molecule has 1 saturated heterocycles. The molecule has 1 aromatic heterocycles. The van der Waals surface area contributed by atoms with E-state index >= 15 is 0 Å². The van der Waals surface area contributed by atoms with Crippen LogP contribution in [0.5, 0.6) is 0 Å². The van der Waals surface area contributed by atoms with Crippen LogP contribution in [0, 0.1) is 0 Å². The first-order valence-corrected chi connectivity index (χ1v) is 11.5. The van der Waals surface area contributed by atoms with Crippen LogP contribution in [0.4, 0.5) is 5.82 Å². The molecule has 2 heterocycles. The minimum Gasteiger partial charge on any atom is -0.357 e. The van der Waals surface area contributed by atoms with Gasteiger partial charge in [0.1, 0.15) is 5.82 Å². The zero-order valence-corrected chi connectivity index (χ0v) is 19.4. The van der Waals surface area contributed by atoms with E-state index in [2.05, 4.69) is 96.0 Å². The number of aliphatic imine (C=N–C) groups is 1. The third kappa shape index (κ3) is 7.24. The van der Waals surface area contributed by atoms with Crippen LogP contribution in [0.1, 0.15) is 52.1 Å². The summed E-state index contributed by atoms with van der Waals surface area (Å²) in [4.78, 5) is 11.8. The summed E-state index contributed by atoms with van der Waals surface area (Å²) in [6.07, 6.45) is 4.02. The lowest BCUT2D eigenvalue weighted by atomic mass is 10.0. The third-order valence-electron chi connectivity index (χ3n) is 5.69. The number of rotatable bonds is 8. The Morgan fingerprint density at radius 2 is 1.84 bits per heavy atom. The predicted octanol–water partition coefficient (Wildman–Crippen LogP) is 3.73. The topological polar surface area (TPSA) is 64.6 Å². The van der Waals surface area contributed by atoms with Crippen LogP contribution < -0.4 is 20.9 Å². The molecule has 3 rings (SSSR count). The van der Waals surface area contributed by atoms with Crippen LogP contribution in [0.2, 0.25) is 0 Å². The lowest BCUT2D eigenvalue weighted by Gasteiger charge is -2.34. The summed E-state index contributed by atoms with van der Waals surface area (Å²) in [6.45, 7) is 12.3. The van der Waals surface area contributed by atoms with E-state index in [-0.39, 0.29) is 11.6 Å². The van der Waals surface area contributed by atoms with Crippen LogP contribution in [-0.4, -0.2) is 48.7 Å². The summed E-state index contributed by atoms with van der Waals surface area (Å²) < 4.78 is 0. The molecule has 0 bridgehead atoms. The molecule has 1 unspecified atom stereocenters. The molecule has 6 heteroatoms. The molecular weight excluding hydrogens is 384 g/mol. The first-order valence-electron chi connectivity index (χ1n) is 11.5.